The Balaban J connectivity index is 1.56. The zero-order valence-electron chi connectivity index (χ0n) is 19.7. The van der Waals surface area contributed by atoms with E-state index in [0.717, 1.165) is 11.1 Å². The number of hydrogen-bond acceptors (Lipinski definition) is 4. The summed E-state index contributed by atoms with van der Waals surface area (Å²) in [6, 6.07) is 16.5. The smallest absolute Gasteiger partial charge is 0.243 e. The summed E-state index contributed by atoms with van der Waals surface area (Å²) in [5.74, 6) is 0.161. The molecule has 178 valence electrons. The normalized spacial score (nSPS) is 18.8. The van der Waals surface area contributed by atoms with E-state index >= 15 is 0 Å². The minimum Gasteiger partial charge on any atom is -0.343 e. The van der Waals surface area contributed by atoms with Crippen molar-refractivity contribution >= 4 is 11.8 Å². The maximum Gasteiger partial charge on any atom is 0.243 e. The van der Waals surface area contributed by atoms with Crippen molar-refractivity contribution in [1.29, 1.82) is 0 Å². The van der Waals surface area contributed by atoms with E-state index in [4.69, 9.17) is 0 Å². The number of nitrogens with one attached hydrogen (secondary N) is 1. The number of rotatable bonds is 7. The number of aromatic nitrogens is 3. The number of amides is 2. The highest BCUT2D eigenvalue weighted by Crippen LogP contribution is 2.27. The Morgan fingerprint density at radius 2 is 1.71 bits per heavy atom. The maximum absolute atomic E-state index is 14.4. The molecule has 1 N–H and O–H groups in total. The van der Waals surface area contributed by atoms with Crippen molar-refractivity contribution in [2.45, 2.75) is 50.9 Å². The molecule has 2 heterocycles. The van der Waals surface area contributed by atoms with Gasteiger partial charge in [-0.25, -0.2) is 4.39 Å². The third-order valence-electron chi connectivity index (χ3n) is 6.34. The molecular weight excluding hydrogens is 433 g/mol. The average molecular weight is 464 g/mol. The molecule has 0 aliphatic carbocycles. The number of likely N-dealkylation sites (tertiary alicyclic amines) is 1. The standard InChI is InChI=1S/C26H30FN5O2/c1-17(2)18-9-11-20(12-10-18)25(19-7-5-4-6-8-19)29-26(34)22-13-21(27)15-32(22)24(33)14-23-30-28-16-31(23)3/h4-12,16-17,21-22,25H,13-15H2,1-3H3,(H,29,34). The molecule has 1 fully saturated rings. The third kappa shape index (κ3) is 5.16. The van der Waals surface area contributed by atoms with Gasteiger partial charge in [-0.15, -0.1) is 10.2 Å². The van der Waals surface area contributed by atoms with Gasteiger partial charge < -0.3 is 14.8 Å². The lowest BCUT2D eigenvalue weighted by Crippen LogP contribution is -2.47. The number of carbonyl (C=O) groups is 2. The van der Waals surface area contributed by atoms with Crippen LogP contribution < -0.4 is 5.32 Å². The summed E-state index contributed by atoms with van der Waals surface area (Å²) in [5.41, 5.74) is 3.05. The summed E-state index contributed by atoms with van der Waals surface area (Å²) in [6.45, 7) is 4.16. The number of carbonyl (C=O) groups excluding carboxylic acids is 2. The topological polar surface area (TPSA) is 80.1 Å². The molecule has 0 saturated carbocycles. The van der Waals surface area contributed by atoms with Crippen molar-refractivity contribution in [3.8, 4) is 0 Å². The Morgan fingerprint density at radius 3 is 2.32 bits per heavy atom. The second kappa shape index (κ2) is 10.2. The SMILES string of the molecule is CC(C)c1ccc(C(NC(=O)C2CC(F)CN2C(=O)Cc2nncn2C)c2ccccc2)cc1. The number of hydrogen-bond donors (Lipinski definition) is 1. The van der Waals surface area contributed by atoms with Gasteiger partial charge in [-0.1, -0.05) is 68.4 Å². The van der Waals surface area contributed by atoms with Gasteiger partial charge in [0.05, 0.1) is 19.0 Å². The quantitative estimate of drug-likeness (QED) is 0.583. The minimum absolute atomic E-state index is 0.0236. The van der Waals surface area contributed by atoms with Gasteiger partial charge in [0.2, 0.25) is 11.8 Å². The molecule has 34 heavy (non-hydrogen) atoms. The zero-order chi connectivity index (χ0) is 24.2. The fourth-order valence-electron chi connectivity index (χ4n) is 4.33. The van der Waals surface area contributed by atoms with E-state index in [1.165, 1.54) is 16.8 Å². The van der Waals surface area contributed by atoms with Crippen LogP contribution in [0.15, 0.2) is 60.9 Å². The van der Waals surface area contributed by atoms with Crippen LogP contribution in [0.2, 0.25) is 0 Å². The highest BCUT2D eigenvalue weighted by Gasteiger charge is 2.40. The largest absolute Gasteiger partial charge is 0.343 e. The predicted octanol–water partition coefficient (Wildman–Crippen LogP) is 3.33. The van der Waals surface area contributed by atoms with Crippen molar-refractivity contribution in [1.82, 2.24) is 25.0 Å². The molecule has 3 unspecified atom stereocenters. The van der Waals surface area contributed by atoms with Gasteiger partial charge >= 0.3 is 0 Å². The molecule has 0 radical (unpaired) electrons. The highest BCUT2D eigenvalue weighted by atomic mass is 19.1. The fourth-order valence-corrected chi connectivity index (χ4v) is 4.33. The van der Waals surface area contributed by atoms with E-state index in [-0.39, 0.29) is 31.2 Å². The van der Waals surface area contributed by atoms with Crippen LogP contribution in [0.4, 0.5) is 4.39 Å². The first-order valence-corrected chi connectivity index (χ1v) is 11.5. The molecular formula is C26H30FN5O2. The van der Waals surface area contributed by atoms with Crippen LogP contribution in [0.3, 0.4) is 0 Å². The number of halogens is 1. The van der Waals surface area contributed by atoms with E-state index < -0.39 is 18.3 Å². The molecule has 1 aliphatic rings. The van der Waals surface area contributed by atoms with Crippen LogP contribution in [-0.4, -0.2) is 50.2 Å². The Hall–Kier alpha value is -3.55. The van der Waals surface area contributed by atoms with E-state index in [0.29, 0.717) is 11.7 Å². The summed E-state index contributed by atoms with van der Waals surface area (Å²) >= 11 is 0. The lowest BCUT2D eigenvalue weighted by molar-refractivity contribution is -0.138. The number of alkyl halides is 1. The summed E-state index contributed by atoms with van der Waals surface area (Å²) in [5, 5.41) is 10.8. The van der Waals surface area contributed by atoms with Gasteiger partial charge in [-0.2, -0.15) is 0 Å². The fraction of sp³-hybridized carbons (Fsp3) is 0.385. The average Bonchev–Trinajstić information content (AvgIpc) is 3.43. The Morgan fingerprint density at radius 1 is 1.06 bits per heavy atom. The van der Waals surface area contributed by atoms with Crippen LogP contribution in [0.5, 0.6) is 0 Å². The zero-order valence-corrected chi connectivity index (χ0v) is 19.7. The first kappa shape index (κ1) is 23.6. The molecule has 1 aromatic heterocycles. The second-order valence-electron chi connectivity index (χ2n) is 9.10. The third-order valence-corrected chi connectivity index (χ3v) is 6.34. The number of nitrogens with zero attached hydrogens (tertiary/aromatic N) is 4. The van der Waals surface area contributed by atoms with Crippen LogP contribution in [0.25, 0.3) is 0 Å². The summed E-state index contributed by atoms with van der Waals surface area (Å²) in [7, 11) is 1.74. The molecule has 4 rings (SSSR count). The Kier molecular flexibility index (Phi) is 7.05. The molecule has 2 aromatic carbocycles. The lowest BCUT2D eigenvalue weighted by Gasteiger charge is -2.27. The lowest BCUT2D eigenvalue weighted by atomic mass is 9.95. The minimum atomic E-state index is -1.25. The van der Waals surface area contributed by atoms with Crippen LogP contribution in [0.1, 0.15) is 54.7 Å². The van der Waals surface area contributed by atoms with Gasteiger partial charge in [-0.05, 0) is 22.6 Å². The molecule has 0 bridgehead atoms. The van der Waals surface area contributed by atoms with Gasteiger partial charge in [0.15, 0.2) is 0 Å². The van der Waals surface area contributed by atoms with Gasteiger partial charge in [0, 0.05) is 13.5 Å². The van der Waals surface area contributed by atoms with Crippen molar-refractivity contribution in [3.05, 3.63) is 83.4 Å². The monoisotopic (exact) mass is 463 g/mol. The summed E-state index contributed by atoms with van der Waals surface area (Å²) in [4.78, 5) is 27.7. The van der Waals surface area contributed by atoms with Crippen LogP contribution in [0, 0.1) is 0 Å². The molecule has 1 saturated heterocycles. The van der Waals surface area contributed by atoms with E-state index in [9.17, 15) is 14.0 Å². The maximum atomic E-state index is 14.4. The van der Waals surface area contributed by atoms with Crippen molar-refractivity contribution in [2.24, 2.45) is 7.05 Å². The van der Waals surface area contributed by atoms with Crippen molar-refractivity contribution in [3.63, 3.8) is 0 Å². The van der Waals surface area contributed by atoms with Gasteiger partial charge in [0.25, 0.3) is 0 Å². The molecule has 7 nitrogen and oxygen atoms in total. The summed E-state index contributed by atoms with van der Waals surface area (Å²) < 4.78 is 16.0. The van der Waals surface area contributed by atoms with E-state index in [1.54, 1.807) is 11.6 Å². The first-order valence-electron chi connectivity index (χ1n) is 11.5. The molecule has 0 spiro atoms. The molecule has 8 heteroatoms. The van der Waals surface area contributed by atoms with E-state index in [2.05, 4.69) is 41.5 Å². The summed E-state index contributed by atoms with van der Waals surface area (Å²) in [6.07, 6.45) is 0.194. The van der Waals surface area contributed by atoms with Gasteiger partial charge in [0.1, 0.15) is 24.4 Å². The Bertz CT molecular complexity index is 1130. The first-order chi connectivity index (χ1) is 16.3. The van der Waals surface area contributed by atoms with Crippen LogP contribution in [-0.2, 0) is 23.1 Å². The molecule has 1 aliphatic heterocycles. The van der Waals surface area contributed by atoms with Crippen LogP contribution >= 0.6 is 0 Å². The van der Waals surface area contributed by atoms with Gasteiger partial charge in [-0.3, -0.25) is 9.59 Å². The van der Waals surface area contributed by atoms with Crippen molar-refractivity contribution in [2.75, 3.05) is 6.54 Å². The van der Waals surface area contributed by atoms with Crippen molar-refractivity contribution < 1.29 is 14.0 Å². The Labute approximate surface area is 199 Å². The molecule has 2 amide bonds. The molecule has 3 aromatic rings. The number of benzene rings is 2. The predicted molar refractivity (Wildman–Crippen MR) is 127 cm³/mol. The number of aryl methyl sites for hydroxylation is 1. The second-order valence-corrected chi connectivity index (χ2v) is 9.10. The molecule has 3 atom stereocenters. The highest BCUT2D eigenvalue weighted by molar-refractivity contribution is 5.89. The van der Waals surface area contributed by atoms with E-state index in [1.807, 2.05) is 42.5 Å².